The third-order valence-corrected chi connectivity index (χ3v) is 5.18. The van der Waals surface area contributed by atoms with Gasteiger partial charge in [0.25, 0.3) is 0 Å². The van der Waals surface area contributed by atoms with E-state index in [1.54, 1.807) is 0 Å². The molecule has 1 unspecified atom stereocenters. The molecule has 4 aromatic carbocycles. The maximum atomic E-state index is 3.75. The van der Waals surface area contributed by atoms with E-state index >= 15 is 0 Å². The van der Waals surface area contributed by atoms with Gasteiger partial charge in [0.1, 0.15) is 0 Å². The molecule has 120 valence electrons. The molecular formula is C24H19N. The summed E-state index contributed by atoms with van der Waals surface area (Å²) in [6.45, 7) is 0. The summed E-state index contributed by atoms with van der Waals surface area (Å²) in [5.41, 5.74) is 6.60. The van der Waals surface area contributed by atoms with Gasteiger partial charge >= 0.3 is 0 Å². The number of anilines is 1. The molecule has 0 aliphatic carbocycles. The summed E-state index contributed by atoms with van der Waals surface area (Å²) in [6.07, 6.45) is 1.05. The van der Waals surface area contributed by atoms with Crippen LogP contribution in [0.5, 0.6) is 0 Å². The van der Waals surface area contributed by atoms with Crippen molar-refractivity contribution in [3.63, 3.8) is 0 Å². The Hall–Kier alpha value is -3.06. The van der Waals surface area contributed by atoms with Crippen molar-refractivity contribution in [2.75, 3.05) is 5.32 Å². The van der Waals surface area contributed by atoms with Crippen LogP contribution in [0, 0.1) is 0 Å². The molecule has 0 spiro atoms. The van der Waals surface area contributed by atoms with Gasteiger partial charge in [-0.1, -0.05) is 91.0 Å². The maximum Gasteiger partial charge on any atom is 0.0555 e. The maximum absolute atomic E-state index is 3.75. The number of hydrogen-bond acceptors (Lipinski definition) is 1. The van der Waals surface area contributed by atoms with Gasteiger partial charge in [0.15, 0.2) is 0 Å². The van der Waals surface area contributed by atoms with E-state index < -0.39 is 0 Å². The fourth-order valence-electron chi connectivity index (χ4n) is 3.84. The molecule has 1 heterocycles. The number of fused-ring (bicyclic) bond motifs is 3. The molecule has 1 N–H and O–H groups in total. The summed E-state index contributed by atoms with van der Waals surface area (Å²) in [5.74, 6) is 0. The quantitative estimate of drug-likeness (QED) is 0.462. The Bertz CT molecular complexity index is 1030. The van der Waals surface area contributed by atoms with Crippen molar-refractivity contribution in [1.82, 2.24) is 0 Å². The number of rotatable bonds is 2. The summed E-state index contributed by atoms with van der Waals surface area (Å²) >= 11 is 0. The molecule has 1 aliphatic rings. The highest BCUT2D eigenvalue weighted by atomic mass is 15.0. The lowest BCUT2D eigenvalue weighted by Gasteiger charge is -2.13. The summed E-state index contributed by atoms with van der Waals surface area (Å²) in [7, 11) is 0. The molecule has 1 atom stereocenters. The molecule has 0 fully saturated rings. The third kappa shape index (κ3) is 2.49. The van der Waals surface area contributed by atoms with E-state index in [1.165, 1.54) is 38.7 Å². The zero-order valence-corrected chi connectivity index (χ0v) is 13.9. The van der Waals surface area contributed by atoms with Crippen LogP contribution in [0.1, 0.15) is 17.2 Å². The first-order valence-corrected chi connectivity index (χ1v) is 8.81. The summed E-state index contributed by atoms with van der Waals surface area (Å²) in [6, 6.07) is 33.0. The van der Waals surface area contributed by atoms with E-state index in [2.05, 4.69) is 96.3 Å². The largest absolute Gasteiger partial charge is 0.377 e. The predicted molar refractivity (Wildman–Crippen MR) is 106 cm³/mol. The minimum Gasteiger partial charge on any atom is -0.377 e. The Morgan fingerprint density at radius 2 is 1.36 bits per heavy atom. The second-order valence-electron chi connectivity index (χ2n) is 6.71. The van der Waals surface area contributed by atoms with Crippen molar-refractivity contribution in [2.24, 2.45) is 0 Å². The van der Waals surface area contributed by atoms with Crippen molar-refractivity contribution in [3.8, 4) is 11.1 Å². The summed E-state index contributed by atoms with van der Waals surface area (Å²) in [4.78, 5) is 0. The Balaban J connectivity index is 1.46. The normalized spacial score (nSPS) is 15.8. The highest BCUT2D eigenvalue weighted by Crippen LogP contribution is 2.39. The standard InChI is InChI=1S/C24H19N/c1-2-6-17(7-3-1)18-10-13-20(14-11-18)23-16-21-15-12-19-8-4-5-9-22(19)24(21)25-23/h1-15,23,25H,16H2. The fraction of sp³-hybridized carbons (Fsp3) is 0.0833. The first kappa shape index (κ1) is 14.3. The minimum atomic E-state index is 0.352. The van der Waals surface area contributed by atoms with Gasteiger partial charge in [-0.15, -0.1) is 0 Å². The summed E-state index contributed by atoms with van der Waals surface area (Å²) < 4.78 is 0. The smallest absolute Gasteiger partial charge is 0.0555 e. The molecule has 0 bridgehead atoms. The van der Waals surface area contributed by atoms with E-state index in [4.69, 9.17) is 0 Å². The molecule has 0 saturated carbocycles. The van der Waals surface area contributed by atoms with E-state index in [-0.39, 0.29) is 0 Å². The van der Waals surface area contributed by atoms with E-state index in [9.17, 15) is 0 Å². The Labute approximate surface area is 148 Å². The van der Waals surface area contributed by atoms with Gasteiger partial charge in [-0.05, 0) is 34.1 Å². The fourth-order valence-corrected chi connectivity index (χ4v) is 3.84. The van der Waals surface area contributed by atoms with Crippen LogP contribution in [0.25, 0.3) is 21.9 Å². The lowest BCUT2D eigenvalue weighted by Crippen LogP contribution is -2.05. The van der Waals surface area contributed by atoms with Crippen LogP contribution < -0.4 is 5.32 Å². The lowest BCUT2D eigenvalue weighted by atomic mass is 9.98. The molecule has 1 heteroatoms. The van der Waals surface area contributed by atoms with Gasteiger partial charge < -0.3 is 5.32 Å². The molecule has 0 amide bonds. The van der Waals surface area contributed by atoms with E-state index in [0.717, 1.165) is 6.42 Å². The third-order valence-electron chi connectivity index (χ3n) is 5.18. The summed E-state index contributed by atoms with van der Waals surface area (Å²) in [5, 5.41) is 6.38. The van der Waals surface area contributed by atoms with Gasteiger partial charge in [-0.25, -0.2) is 0 Å². The van der Waals surface area contributed by atoms with Gasteiger partial charge in [0.2, 0.25) is 0 Å². The van der Waals surface area contributed by atoms with Crippen LogP contribution in [0.15, 0.2) is 91.0 Å². The van der Waals surface area contributed by atoms with Crippen LogP contribution in [0.2, 0.25) is 0 Å². The van der Waals surface area contributed by atoms with Gasteiger partial charge in [0.05, 0.1) is 6.04 Å². The van der Waals surface area contributed by atoms with Crippen molar-refractivity contribution in [2.45, 2.75) is 12.5 Å². The first-order valence-electron chi connectivity index (χ1n) is 8.81. The highest BCUT2D eigenvalue weighted by Gasteiger charge is 2.23. The highest BCUT2D eigenvalue weighted by molar-refractivity contribution is 5.96. The van der Waals surface area contributed by atoms with Crippen molar-refractivity contribution < 1.29 is 0 Å². The molecule has 5 rings (SSSR count). The zero-order chi connectivity index (χ0) is 16.6. The lowest BCUT2D eigenvalue weighted by molar-refractivity contribution is 0.824. The van der Waals surface area contributed by atoms with Gasteiger partial charge in [0, 0.05) is 11.1 Å². The van der Waals surface area contributed by atoms with Crippen molar-refractivity contribution in [1.29, 1.82) is 0 Å². The molecule has 4 aromatic rings. The zero-order valence-electron chi connectivity index (χ0n) is 13.9. The minimum absolute atomic E-state index is 0.352. The number of benzene rings is 4. The van der Waals surface area contributed by atoms with Gasteiger partial charge in [-0.2, -0.15) is 0 Å². The SMILES string of the molecule is c1ccc(-c2ccc(C3Cc4ccc5ccccc5c4N3)cc2)cc1. The van der Waals surface area contributed by atoms with Crippen LogP contribution >= 0.6 is 0 Å². The van der Waals surface area contributed by atoms with E-state index in [1.807, 2.05) is 0 Å². The molecule has 0 aromatic heterocycles. The molecule has 0 radical (unpaired) electrons. The second kappa shape index (κ2) is 5.78. The van der Waals surface area contributed by atoms with Gasteiger partial charge in [-0.3, -0.25) is 0 Å². The molecular weight excluding hydrogens is 302 g/mol. The number of hydrogen-bond donors (Lipinski definition) is 1. The Kier molecular flexibility index (Phi) is 3.31. The number of nitrogens with one attached hydrogen (secondary N) is 1. The van der Waals surface area contributed by atoms with Crippen LogP contribution in [-0.4, -0.2) is 0 Å². The Morgan fingerprint density at radius 3 is 2.20 bits per heavy atom. The van der Waals surface area contributed by atoms with Crippen LogP contribution in [0.4, 0.5) is 5.69 Å². The van der Waals surface area contributed by atoms with Crippen molar-refractivity contribution >= 4 is 16.5 Å². The Morgan fingerprint density at radius 1 is 0.640 bits per heavy atom. The molecule has 1 nitrogen and oxygen atoms in total. The van der Waals surface area contributed by atoms with E-state index in [0.29, 0.717) is 6.04 Å². The molecule has 1 aliphatic heterocycles. The monoisotopic (exact) mass is 321 g/mol. The van der Waals surface area contributed by atoms with Crippen LogP contribution in [0.3, 0.4) is 0 Å². The molecule has 0 saturated heterocycles. The van der Waals surface area contributed by atoms with Crippen molar-refractivity contribution in [3.05, 3.63) is 102 Å². The van der Waals surface area contributed by atoms with Crippen LogP contribution in [-0.2, 0) is 6.42 Å². The second-order valence-corrected chi connectivity index (χ2v) is 6.71. The average molecular weight is 321 g/mol. The molecule has 25 heavy (non-hydrogen) atoms. The predicted octanol–water partition coefficient (Wildman–Crippen LogP) is 6.22. The first-order chi connectivity index (χ1) is 12.4. The average Bonchev–Trinajstić information content (AvgIpc) is 3.14. The topological polar surface area (TPSA) is 12.0 Å².